The predicted octanol–water partition coefficient (Wildman–Crippen LogP) is 2.31. The highest BCUT2D eigenvalue weighted by Gasteiger charge is 2.09. The largest absolute Gasteiger partial charge is 0.493 e. The zero-order chi connectivity index (χ0) is 18.5. The molecule has 0 bridgehead atoms. The highest BCUT2D eigenvalue weighted by molar-refractivity contribution is 5.92. The van der Waals surface area contributed by atoms with Crippen LogP contribution in [0.3, 0.4) is 0 Å². The molecule has 8 heteroatoms. The van der Waals surface area contributed by atoms with Crippen LogP contribution in [0.25, 0.3) is 5.69 Å². The lowest BCUT2D eigenvalue weighted by molar-refractivity contribution is -0.118. The fraction of sp³-hybridized carbons (Fsp3) is 0.222. The number of hydrogen-bond acceptors (Lipinski definition) is 6. The minimum atomic E-state index is -0.279. The van der Waals surface area contributed by atoms with Crippen LogP contribution in [0.4, 0.5) is 5.69 Å². The topological polar surface area (TPSA) is 91.2 Å². The number of carbonyl (C=O) groups excluding carboxylic acids is 1. The Hall–Kier alpha value is -3.42. The van der Waals surface area contributed by atoms with Crippen molar-refractivity contribution >= 4 is 11.6 Å². The summed E-state index contributed by atoms with van der Waals surface area (Å²) >= 11 is 0. The summed E-state index contributed by atoms with van der Waals surface area (Å²) in [5.41, 5.74) is 2.43. The molecule has 3 rings (SSSR count). The third-order valence-corrected chi connectivity index (χ3v) is 3.68. The quantitative estimate of drug-likeness (QED) is 0.731. The lowest BCUT2D eigenvalue weighted by Gasteiger charge is -2.12. The summed E-state index contributed by atoms with van der Waals surface area (Å²) in [6.07, 6.45) is 0. The number of aromatic nitrogens is 4. The number of aryl methyl sites for hydroxylation is 2. The Kier molecular flexibility index (Phi) is 5.12. The van der Waals surface area contributed by atoms with Crippen molar-refractivity contribution in [3.8, 4) is 17.2 Å². The third kappa shape index (κ3) is 3.97. The van der Waals surface area contributed by atoms with Gasteiger partial charge in [0.25, 0.3) is 5.91 Å². The molecule has 26 heavy (non-hydrogen) atoms. The van der Waals surface area contributed by atoms with Crippen LogP contribution in [0.1, 0.15) is 11.4 Å². The number of hydrogen-bond donors (Lipinski definition) is 1. The van der Waals surface area contributed by atoms with E-state index >= 15 is 0 Å². The van der Waals surface area contributed by atoms with E-state index in [2.05, 4.69) is 20.8 Å². The molecule has 1 amide bonds. The predicted molar refractivity (Wildman–Crippen MR) is 95.7 cm³/mol. The van der Waals surface area contributed by atoms with Gasteiger partial charge < -0.3 is 14.8 Å². The van der Waals surface area contributed by atoms with Crippen LogP contribution in [0.15, 0.2) is 42.5 Å². The van der Waals surface area contributed by atoms with E-state index < -0.39 is 0 Å². The van der Waals surface area contributed by atoms with Crippen molar-refractivity contribution in [2.75, 3.05) is 19.0 Å². The summed E-state index contributed by atoms with van der Waals surface area (Å²) in [5.74, 6) is 1.49. The van der Waals surface area contributed by atoms with Gasteiger partial charge in [0.1, 0.15) is 0 Å². The molecule has 0 saturated carbocycles. The van der Waals surface area contributed by atoms with Crippen molar-refractivity contribution in [3.05, 3.63) is 53.9 Å². The molecule has 1 aromatic heterocycles. The number of methoxy groups -OCH3 is 1. The summed E-state index contributed by atoms with van der Waals surface area (Å²) in [5, 5.41) is 14.2. The Morgan fingerprint density at radius 1 is 1.15 bits per heavy atom. The molecule has 0 aliphatic carbocycles. The van der Waals surface area contributed by atoms with Gasteiger partial charge in [0.05, 0.1) is 12.8 Å². The first-order valence-electron chi connectivity index (χ1n) is 7.99. The van der Waals surface area contributed by atoms with Crippen molar-refractivity contribution in [2.45, 2.75) is 13.8 Å². The molecular formula is C18H19N5O3. The molecule has 0 aliphatic heterocycles. The van der Waals surface area contributed by atoms with Gasteiger partial charge in [0.2, 0.25) is 0 Å². The maximum absolute atomic E-state index is 12.2. The summed E-state index contributed by atoms with van der Waals surface area (Å²) in [7, 11) is 1.56. The summed E-state index contributed by atoms with van der Waals surface area (Å²) in [6.45, 7) is 3.62. The van der Waals surface area contributed by atoms with Crippen molar-refractivity contribution in [1.29, 1.82) is 0 Å². The normalized spacial score (nSPS) is 10.4. The second kappa shape index (κ2) is 7.64. The van der Waals surface area contributed by atoms with E-state index in [1.165, 1.54) is 0 Å². The van der Waals surface area contributed by atoms with Crippen molar-refractivity contribution in [2.24, 2.45) is 0 Å². The van der Waals surface area contributed by atoms with E-state index in [9.17, 15) is 4.79 Å². The molecule has 1 N–H and O–H groups in total. The van der Waals surface area contributed by atoms with Crippen molar-refractivity contribution in [3.63, 3.8) is 0 Å². The third-order valence-electron chi connectivity index (χ3n) is 3.68. The number of benzene rings is 2. The van der Waals surface area contributed by atoms with Crippen LogP contribution < -0.4 is 14.8 Å². The van der Waals surface area contributed by atoms with Crippen molar-refractivity contribution < 1.29 is 14.3 Å². The molecule has 8 nitrogen and oxygen atoms in total. The van der Waals surface area contributed by atoms with Gasteiger partial charge in [0.15, 0.2) is 23.9 Å². The maximum Gasteiger partial charge on any atom is 0.262 e. The Bertz CT molecular complexity index is 923. The van der Waals surface area contributed by atoms with Crippen LogP contribution in [-0.4, -0.2) is 39.8 Å². The number of ether oxygens (including phenoxy) is 2. The Labute approximate surface area is 150 Å². The van der Waals surface area contributed by atoms with Crippen LogP contribution in [0.5, 0.6) is 11.5 Å². The molecule has 0 saturated heterocycles. The van der Waals surface area contributed by atoms with Crippen LogP contribution >= 0.6 is 0 Å². The number of nitrogens with zero attached hydrogens (tertiary/aromatic N) is 4. The Morgan fingerprint density at radius 2 is 2.00 bits per heavy atom. The maximum atomic E-state index is 12.2. The number of anilines is 1. The average molecular weight is 353 g/mol. The van der Waals surface area contributed by atoms with Gasteiger partial charge in [-0.15, -0.1) is 5.10 Å². The second-order valence-electron chi connectivity index (χ2n) is 5.68. The minimum Gasteiger partial charge on any atom is -0.493 e. The standard InChI is InChI=1S/C18H19N5O3/c1-12-7-8-16(17(9-12)25-3)26-11-18(24)19-14-5-4-6-15(10-14)23-13(2)20-21-22-23/h4-10H,11H2,1-3H3,(H,19,24). The monoisotopic (exact) mass is 353 g/mol. The first-order chi connectivity index (χ1) is 12.6. The molecular weight excluding hydrogens is 334 g/mol. The summed E-state index contributed by atoms with van der Waals surface area (Å²) in [6, 6.07) is 12.8. The number of nitrogens with one attached hydrogen (secondary N) is 1. The highest BCUT2D eigenvalue weighted by atomic mass is 16.5. The van der Waals surface area contributed by atoms with Gasteiger partial charge in [-0.3, -0.25) is 4.79 Å². The van der Waals surface area contributed by atoms with Gasteiger partial charge in [-0.05, 0) is 60.2 Å². The SMILES string of the molecule is COc1cc(C)ccc1OCC(=O)Nc1cccc(-n2nnnc2C)c1. The van der Waals surface area contributed by atoms with Gasteiger partial charge in [-0.2, -0.15) is 4.68 Å². The lowest BCUT2D eigenvalue weighted by atomic mass is 10.2. The molecule has 0 unspecified atom stereocenters. The molecule has 0 spiro atoms. The van der Waals surface area contributed by atoms with E-state index in [-0.39, 0.29) is 12.5 Å². The summed E-state index contributed by atoms with van der Waals surface area (Å²) < 4.78 is 12.4. The molecule has 2 aromatic carbocycles. The average Bonchev–Trinajstić information content (AvgIpc) is 3.06. The lowest BCUT2D eigenvalue weighted by Crippen LogP contribution is -2.20. The van der Waals surface area contributed by atoms with E-state index in [4.69, 9.17) is 9.47 Å². The number of rotatable bonds is 6. The fourth-order valence-electron chi connectivity index (χ4n) is 2.42. The van der Waals surface area contributed by atoms with E-state index in [1.54, 1.807) is 36.9 Å². The van der Waals surface area contributed by atoms with Crippen LogP contribution in [0.2, 0.25) is 0 Å². The van der Waals surface area contributed by atoms with E-state index in [1.807, 2.05) is 31.2 Å². The zero-order valence-electron chi connectivity index (χ0n) is 14.8. The Morgan fingerprint density at radius 3 is 2.73 bits per heavy atom. The van der Waals surface area contributed by atoms with Gasteiger partial charge >= 0.3 is 0 Å². The van der Waals surface area contributed by atoms with Gasteiger partial charge in [-0.1, -0.05) is 12.1 Å². The first kappa shape index (κ1) is 17.4. The minimum absolute atomic E-state index is 0.131. The number of carbonyl (C=O) groups is 1. The van der Waals surface area contributed by atoms with E-state index in [0.717, 1.165) is 11.3 Å². The molecule has 0 atom stereocenters. The number of amides is 1. The molecule has 0 aliphatic rings. The number of tetrazole rings is 1. The molecule has 1 heterocycles. The molecule has 134 valence electrons. The van der Waals surface area contributed by atoms with Crippen LogP contribution in [0, 0.1) is 13.8 Å². The molecule has 0 fully saturated rings. The second-order valence-corrected chi connectivity index (χ2v) is 5.68. The zero-order valence-corrected chi connectivity index (χ0v) is 14.8. The van der Waals surface area contributed by atoms with Gasteiger partial charge in [0, 0.05) is 5.69 Å². The highest BCUT2D eigenvalue weighted by Crippen LogP contribution is 2.27. The Balaban J connectivity index is 1.65. The molecule has 0 radical (unpaired) electrons. The van der Waals surface area contributed by atoms with Crippen LogP contribution in [-0.2, 0) is 4.79 Å². The van der Waals surface area contributed by atoms with Gasteiger partial charge in [-0.25, -0.2) is 0 Å². The van der Waals surface area contributed by atoms with E-state index in [0.29, 0.717) is 23.0 Å². The smallest absolute Gasteiger partial charge is 0.262 e. The summed E-state index contributed by atoms with van der Waals surface area (Å²) in [4.78, 5) is 12.2. The van der Waals surface area contributed by atoms with Crippen molar-refractivity contribution in [1.82, 2.24) is 20.2 Å². The first-order valence-corrected chi connectivity index (χ1v) is 7.99. The molecule has 3 aromatic rings. The fourth-order valence-corrected chi connectivity index (χ4v) is 2.42.